The molecule has 19 heavy (non-hydrogen) atoms. The van der Waals surface area contributed by atoms with Gasteiger partial charge in [0.1, 0.15) is 0 Å². The Bertz CT molecular complexity index is 761. The minimum atomic E-state index is -0.342. The van der Waals surface area contributed by atoms with E-state index in [9.17, 15) is 4.39 Å². The molecule has 0 unspecified atom stereocenters. The molecule has 4 rings (SSSR count). The fraction of sp³-hybridized carbons (Fsp3) is 0.214. The van der Waals surface area contributed by atoms with E-state index in [0.29, 0.717) is 16.8 Å². The fourth-order valence-corrected chi connectivity index (χ4v) is 2.35. The Morgan fingerprint density at radius 1 is 1.16 bits per heavy atom. The zero-order valence-corrected chi connectivity index (χ0v) is 10.1. The van der Waals surface area contributed by atoms with E-state index in [1.165, 1.54) is 19.0 Å². The molecule has 1 saturated carbocycles. The first-order chi connectivity index (χ1) is 9.33. The van der Waals surface area contributed by atoms with Crippen LogP contribution in [0.15, 0.2) is 30.7 Å². The van der Waals surface area contributed by atoms with E-state index in [0.717, 1.165) is 17.0 Å². The predicted molar refractivity (Wildman–Crippen MR) is 69.1 cm³/mol. The van der Waals surface area contributed by atoms with Crippen molar-refractivity contribution < 1.29 is 4.39 Å². The summed E-state index contributed by atoms with van der Waals surface area (Å²) in [5.74, 6) is 0.229. The van der Waals surface area contributed by atoms with Gasteiger partial charge in [0.2, 0.25) is 0 Å². The largest absolute Gasteiger partial charge is 0.282 e. The van der Waals surface area contributed by atoms with Gasteiger partial charge in [0.15, 0.2) is 5.82 Å². The zero-order valence-electron chi connectivity index (χ0n) is 10.1. The maximum Gasteiger partial charge on any atom is 0.150 e. The monoisotopic (exact) mass is 254 g/mol. The molecule has 0 radical (unpaired) electrons. The van der Waals surface area contributed by atoms with Crippen LogP contribution in [0.4, 0.5) is 4.39 Å². The average Bonchev–Trinajstić information content (AvgIpc) is 3.16. The van der Waals surface area contributed by atoms with Crippen LogP contribution in [0.3, 0.4) is 0 Å². The Labute approximate surface area is 108 Å². The molecule has 1 aliphatic carbocycles. The molecule has 0 bridgehead atoms. The predicted octanol–water partition coefficient (Wildman–Crippen LogP) is 3.04. The van der Waals surface area contributed by atoms with Gasteiger partial charge >= 0.3 is 0 Å². The third-order valence-electron chi connectivity index (χ3n) is 3.50. The number of nitrogens with zero attached hydrogens (tertiary/aromatic N) is 3. The lowest BCUT2D eigenvalue weighted by molar-refractivity contribution is 0.633. The summed E-state index contributed by atoms with van der Waals surface area (Å²) in [6, 6.07) is 3.58. The molecule has 0 amide bonds. The summed E-state index contributed by atoms with van der Waals surface area (Å²) in [6.45, 7) is 0. The maximum absolute atomic E-state index is 13.6. The Hall–Kier alpha value is -2.30. The Morgan fingerprint density at radius 2 is 2.05 bits per heavy atom. The van der Waals surface area contributed by atoms with Crippen molar-refractivity contribution in [3.8, 4) is 11.3 Å². The lowest BCUT2D eigenvalue weighted by Gasteiger charge is -2.03. The van der Waals surface area contributed by atoms with Gasteiger partial charge in [-0.15, -0.1) is 0 Å². The van der Waals surface area contributed by atoms with Crippen LogP contribution in [-0.2, 0) is 0 Å². The van der Waals surface area contributed by atoms with Crippen molar-refractivity contribution >= 4 is 10.9 Å². The standard InChI is InChI=1S/C14H11FN4/c15-11-6-16-7-13-9(11)3-4-12(18-13)10-5-17-19-14(10)8-1-2-8/h3-8H,1-2H2,(H,17,19). The van der Waals surface area contributed by atoms with Crippen LogP contribution in [0.1, 0.15) is 24.5 Å². The third-order valence-corrected chi connectivity index (χ3v) is 3.50. The molecule has 0 spiro atoms. The van der Waals surface area contributed by atoms with Crippen molar-refractivity contribution in [1.82, 2.24) is 20.2 Å². The number of hydrogen-bond acceptors (Lipinski definition) is 3. The molecule has 0 aromatic carbocycles. The summed E-state index contributed by atoms with van der Waals surface area (Å²) in [7, 11) is 0. The number of H-pyrrole nitrogens is 1. The van der Waals surface area contributed by atoms with Gasteiger partial charge < -0.3 is 0 Å². The Morgan fingerprint density at radius 3 is 2.89 bits per heavy atom. The highest BCUT2D eigenvalue weighted by molar-refractivity contribution is 5.81. The van der Waals surface area contributed by atoms with Crippen molar-refractivity contribution in [2.45, 2.75) is 18.8 Å². The minimum absolute atomic E-state index is 0.342. The number of nitrogens with one attached hydrogen (secondary N) is 1. The summed E-state index contributed by atoms with van der Waals surface area (Å²) in [6.07, 6.45) is 6.96. The molecule has 5 heteroatoms. The summed E-state index contributed by atoms with van der Waals surface area (Å²) in [5.41, 5.74) is 3.53. The summed E-state index contributed by atoms with van der Waals surface area (Å²) in [4.78, 5) is 8.33. The average molecular weight is 254 g/mol. The van der Waals surface area contributed by atoms with Gasteiger partial charge in [0.25, 0.3) is 0 Å². The number of fused-ring (bicyclic) bond motifs is 1. The quantitative estimate of drug-likeness (QED) is 0.764. The van der Waals surface area contributed by atoms with Crippen molar-refractivity contribution in [3.63, 3.8) is 0 Å². The highest BCUT2D eigenvalue weighted by Crippen LogP contribution is 2.42. The minimum Gasteiger partial charge on any atom is -0.282 e. The van der Waals surface area contributed by atoms with Gasteiger partial charge in [-0.2, -0.15) is 5.10 Å². The highest BCUT2D eigenvalue weighted by atomic mass is 19.1. The second kappa shape index (κ2) is 3.85. The van der Waals surface area contributed by atoms with Gasteiger partial charge in [-0.25, -0.2) is 9.37 Å². The summed E-state index contributed by atoms with van der Waals surface area (Å²) >= 11 is 0. The summed E-state index contributed by atoms with van der Waals surface area (Å²) < 4.78 is 13.6. The van der Waals surface area contributed by atoms with E-state index in [4.69, 9.17) is 0 Å². The smallest absolute Gasteiger partial charge is 0.150 e. The van der Waals surface area contributed by atoms with Gasteiger partial charge in [-0.1, -0.05) is 0 Å². The molecule has 0 saturated heterocycles. The molecule has 3 aromatic rings. The molecule has 1 N–H and O–H groups in total. The van der Waals surface area contributed by atoms with E-state index in [1.54, 1.807) is 18.5 Å². The SMILES string of the molecule is Fc1cncc2nc(-c3cn[nH]c3C3CC3)ccc12. The van der Waals surface area contributed by atoms with Crippen molar-refractivity contribution in [1.29, 1.82) is 0 Å². The van der Waals surface area contributed by atoms with Crippen LogP contribution < -0.4 is 0 Å². The number of aromatic amines is 1. The first kappa shape index (κ1) is 10.6. The third kappa shape index (κ3) is 1.69. The van der Waals surface area contributed by atoms with Crippen molar-refractivity contribution in [2.24, 2.45) is 0 Å². The molecule has 4 nitrogen and oxygen atoms in total. The second-order valence-electron chi connectivity index (χ2n) is 4.86. The van der Waals surface area contributed by atoms with E-state index >= 15 is 0 Å². The Kier molecular flexibility index (Phi) is 2.15. The van der Waals surface area contributed by atoms with Crippen LogP contribution in [0.2, 0.25) is 0 Å². The van der Waals surface area contributed by atoms with Gasteiger partial charge in [-0.05, 0) is 25.0 Å². The first-order valence-electron chi connectivity index (χ1n) is 6.27. The molecule has 3 aromatic heterocycles. The lowest BCUT2D eigenvalue weighted by atomic mass is 10.1. The van der Waals surface area contributed by atoms with Gasteiger partial charge in [0.05, 0.1) is 29.8 Å². The normalized spacial score (nSPS) is 15.0. The topological polar surface area (TPSA) is 54.5 Å². The highest BCUT2D eigenvalue weighted by Gasteiger charge is 2.28. The van der Waals surface area contributed by atoms with Gasteiger partial charge in [0, 0.05) is 22.6 Å². The molecular formula is C14H11FN4. The van der Waals surface area contributed by atoms with Crippen molar-refractivity contribution in [3.05, 3.63) is 42.2 Å². The van der Waals surface area contributed by atoms with Crippen LogP contribution in [0.5, 0.6) is 0 Å². The molecular weight excluding hydrogens is 243 g/mol. The van der Waals surface area contributed by atoms with Crippen LogP contribution in [0, 0.1) is 5.82 Å². The molecule has 1 fully saturated rings. The Balaban J connectivity index is 1.89. The van der Waals surface area contributed by atoms with E-state index in [-0.39, 0.29) is 5.82 Å². The lowest BCUT2D eigenvalue weighted by Crippen LogP contribution is -1.91. The van der Waals surface area contributed by atoms with Crippen molar-refractivity contribution in [2.75, 3.05) is 0 Å². The molecule has 3 heterocycles. The van der Waals surface area contributed by atoms with Crippen LogP contribution in [-0.4, -0.2) is 20.2 Å². The molecule has 94 valence electrons. The second-order valence-corrected chi connectivity index (χ2v) is 4.86. The molecule has 0 aliphatic heterocycles. The number of aromatic nitrogens is 4. The fourth-order valence-electron chi connectivity index (χ4n) is 2.35. The van der Waals surface area contributed by atoms with E-state index in [2.05, 4.69) is 20.2 Å². The number of pyridine rings is 2. The van der Waals surface area contributed by atoms with Crippen LogP contribution in [0.25, 0.3) is 22.2 Å². The van der Waals surface area contributed by atoms with Crippen LogP contribution >= 0.6 is 0 Å². The zero-order chi connectivity index (χ0) is 12.8. The first-order valence-corrected chi connectivity index (χ1v) is 6.27. The maximum atomic E-state index is 13.6. The molecule has 0 atom stereocenters. The van der Waals surface area contributed by atoms with E-state index < -0.39 is 0 Å². The van der Waals surface area contributed by atoms with Gasteiger partial charge in [-0.3, -0.25) is 10.1 Å². The molecule has 1 aliphatic rings. The van der Waals surface area contributed by atoms with E-state index in [1.807, 2.05) is 6.07 Å². The summed E-state index contributed by atoms with van der Waals surface area (Å²) in [5, 5.41) is 7.64. The number of halogens is 1. The number of hydrogen-bond donors (Lipinski definition) is 1. The number of rotatable bonds is 2.